The van der Waals surface area contributed by atoms with Crippen molar-refractivity contribution in [1.29, 1.82) is 0 Å². The molecule has 0 saturated carbocycles. The largest absolute Gasteiger partial charge is 0.356 e. The first kappa shape index (κ1) is 6.60. The average Bonchev–Trinajstić information content (AvgIpc) is 1.90. The predicted octanol–water partition coefficient (Wildman–Crippen LogP) is 0.509. The van der Waals surface area contributed by atoms with E-state index in [0.717, 1.165) is 12.8 Å². The second-order valence-electron chi connectivity index (χ2n) is 2.23. The van der Waals surface area contributed by atoms with Crippen LogP contribution in [0.5, 0.6) is 0 Å². The van der Waals surface area contributed by atoms with Gasteiger partial charge in [-0.2, -0.15) is 0 Å². The first-order valence-electron chi connectivity index (χ1n) is 3.11. The number of hydrogen-bond donors (Lipinski definition) is 1. The van der Waals surface area contributed by atoms with Crippen molar-refractivity contribution < 1.29 is 9.84 Å². The van der Waals surface area contributed by atoms with Crippen LogP contribution < -0.4 is 0 Å². The van der Waals surface area contributed by atoms with Crippen molar-refractivity contribution in [3.05, 3.63) is 0 Å². The number of hydrogen-bond acceptors (Lipinski definition) is 2. The molecular weight excluding hydrogens is 116 g/mol. The molecule has 1 aliphatic rings. The Hall–Kier alpha value is -0.520. The van der Waals surface area contributed by atoms with Gasteiger partial charge in [-0.3, -0.25) is 0 Å². The molecule has 1 rings (SSSR count). The van der Waals surface area contributed by atoms with Crippen molar-refractivity contribution in [2.75, 3.05) is 6.61 Å². The molecule has 0 aromatic carbocycles. The van der Waals surface area contributed by atoms with E-state index in [9.17, 15) is 5.11 Å². The van der Waals surface area contributed by atoms with E-state index < -0.39 is 5.79 Å². The van der Waals surface area contributed by atoms with Crippen molar-refractivity contribution in [3.8, 4) is 12.3 Å². The van der Waals surface area contributed by atoms with Crippen LogP contribution in [0.25, 0.3) is 0 Å². The lowest BCUT2D eigenvalue weighted by Gasteiger charge is -2.26. The van der Waals surface area contributed by atoms with Gasteiger partial charge in [0, 0.05) is 6.42 Å². The molecule has 0 aromatic heterocycles. The van der Waals surface area contributed by atoms with Gasteiger partial charge in [-0.25, -0.2) is 0 Å². The summed E-state index contributed by atoms with van der Waals surface area (Å²) in [7, 11) is 0. The predicted molar refractivity (Wildman–Crippen MR) is 33.6 cm³/mol. The van der Waals surface area contributed by atoms with Crippen LogP contribution in [-0.4, -0.2) is 17.5 Å². The SMILES string of the molecule is C#CC1(O)CCCCO1. The van der Waals surface area contributed by atoms with Crippen LogP contribution in [-0.2, 0) is 4.74 Å². The monoisotopic (exact) mass is 126 g/mol. The Balaban J connectivity index is 2.49. The van der Waals surface area contributed by atoms with Crippen LogP contribution in [0, 0.1) is 12.3 Å². The molecule has 0 spiro atoms. The van der Waals surface area contributed by atoms with Crippen molar-refractivity contribution in [2.45, 2.75) is 25.0 Å². The summed E-state index contributed by atoms with van der Waals surface area (Å²) in [5.74, 6) is 0.962. The summed E-state index contributed by atoms with van der Waals surface area (Å²) in [6, 6.07) is 0. The Kier molecular flexibility index (Phi) is 1.75. The summed E-state index contributed by atoms with van der Waals surface area (Å²) in [5.41, 5.74) is 0. The molecule has 0 bridgehead atoms. The Bertz CT molecular complexity index is 128. The highest BCUT2D eigenvalue weighted by molar-refractivity contribution is 5.01. The van der Waals surface area contributed by atoms with Crippen LogP contribution in [0.3, 0.4) is 0 Å². The third-order valence-corrected chi connectivity index (χ3v) is 1.48. The van der Waals surface area contributed by atoms with Crippen LogP contribution in [0.1, 0.15) is 19.3 Å². The number of terminal acetylenes is 1. The minimum atomic E-state index is -1.25. The molecule has 1 fully saturated rings. The van der Waals surface area contributed by atoms with Crippen molar-refractivity contribution in [3.63, 3.8) is 0 Å². The fourth-order valence-corrected chi connectivity index (χ4v) is 0.894. The highest BCUT2D eigenvalue weighted by Crippen LogP contribution is 2.20. The minimum Gasteiger partial charge on any atom is -0.356 e. The summed E-state index contributed by atoms with van der Waals surface area (Å²) in [5, 5.41) is 9.22. The molecule has 0 aromatic rings. The number of rotatable bonds is 0. The summed E-state index contributed by atoms with van der Waals surface area (Å²) in [4.78, 5) is 0. The molecule has 9 heavy (non-hydrogen) atoms. The third kappa shape index (κ3) is 1.44. The smallest absolute Gasteiger partial charge is 0.230 e. The molecule has 1 atom stereocenters. The van der Waals surface area contributed by atoms with Gasteiger partial charge in [-0.05, 0) is 18.8 Å². The molecule has 2 nitrogen and oxygen atoms in total. The molecule has 1 aliphatic heterocycles. The van der Waals surface area contributed by atoms with E-state index in [1.165, 1.54) is 0 Å². The second-order valence-corrected chi connectivity index (χ2v) is 2.23. The lowest BCUT2D eigenvalue weighted by atomic mass is 10.1. The van der Waals surface area contributed by atoms with Gasteiger partial charge >= 0.3 is 0 Å². The third-order valence-electron chi connectivity index (χ3n) is 1.48. The van der Waals surface area contributed by atoms with E-state index in [0.29, 0.717) is 13.0 Å². The Labute approximate surface area is 54.8 Å². The Morgan fingerprint density at radius 3 is 2.67 bits per heavy atom. The van der Waals surface area contributed by atoms with Crippen LogP contribution >= 0.6 is 0 Å². The quantitative estimate of drug-likeness (QED) is 0.479. The molecule has 2 heteroatoms. The van der Waals surface area contributed by atoms with Gasteiger partial charge in [-0.1, -0.05) is 0 Å². The van der Waals surface area contributed by atoms with Crippen molar-refractivity contribution in [1.82, 2.24) is 0 Å². The first-order chi connectivity index (χ1) is 4.27. The number of aliphatic hydroxyl groups is 1. The van der Waals surface area contributed by atoms with Gasteiger partial charge in [0.1, 0.15) is 0 Å². The maximum Gasteiger partial charge on any atom is 0.230 e. The molecule has 0 amide bonds. The molecule has 1 unspecified atom stereocenters. The van der Waals surface area contributed by atoms with E-state index in [1.807, 2.05) is 0 Å². The van der Waals surface area contributed by atoms with Crippen LogP contribution in [0.2, 0.25) is 0 Å². The van der Waals surface area contributed by atoms with E-state index in [4.69, 9.17) is 11.2 Å². The zero-order chi connectivity index (χ0) is 6.74. The van der Waals surface area contributed by atoms with E-state index in [1.54, 1.807) is 0 Å². The minimum absolute atomic E-state index is 0.573. The van der Waals surface area contributed by atoms with E-state index in [-0.39, 0.29) is 0 Å². The summed E-state index contributed by atoms with van der Waals surface area (Å²) in [6.45, 7) is 0.584. The normalized spacial score (nSPS) is 35.6. The van der Waals surface area contributed by atoms with Crippen LogP contribution in [0.4, 0.5) is 0 Å². The molecule has 50 valence electrons. The van der Waals surface area contributed by atoms with E-state index >= 15 is 0 Å². The molecule has 1 heterocycles. The Morgan fingerprint density at radius 1 is 1.56 bits per heavy atom. The lowest BCUT2D eigenvalue weighted by molar-refractivity contribution is -0.181. The van der Waals surface area contributed by atoms with Crippen LogP contribution in [0.15, 0.2) is 0 Å². The standard InChI is InChI=1S/C7H10O2/c1-2-7(8)5-3-4-6-9-7/h1,8H,3-6H2. The van der Waals surface area contributed by atoms with Crippen molar-refractivity contribution in [2.24, 2.45) is 0 Å². The fourth-order valence-electron chi connectivity index (χ4n) is 0.894. The first-order valence-corrected chi connectivity index (χ1v) is 3.11. The van der Waals surface area contributed by atoms with E-state index in [2.05, 4.69) is 5.92 Å². The van der Waals surface area contributed by atoms with Gasteiger partial charge in [-0.15, -0.1) is 6.42 Å². The van der Waals surface area contributed by atoms with Gasteiger partial charge in [0.15, 0.2) is 0 Å². The van der Waals surface area contributed by atoms with Gasteiger partial charge in [0.25, 0.3) is 0 Å². The zero-order valence-electron chi connectivity index (χ0n) is 5.26. The summed E-state index contributed by atoms with van der Waals surface area (Å²) < 4.78 is 4.93. The van der Waals surface area contributed by atoms with Gasteiger partial charge in [0.05, 0.1) is 6.61 Å². The maximum absolute atomic E-state index is 9.22. The molecular formula is C7H10O2. The fraction of sp³-hybridized carbons (Fsp3) is 0.714. The average molecular weight is 126 g/mol. The zero-order valence-corrected chi connectivity index (χ0v) is 5.26. The molecule has 0 aliphatic carbocycles. The highest BCUT2D eigenvalue weighted by Gasteiger charge is 2.26. The lowest BCUT2D eigenvalue weighted by Crippen LogP contribution is -2.33. The maximum atomic E-state index is 9.22. The summed E-state index contributed by atoms with van der Waals surface area (Å²) >= 11 is 0. The topological polar surface area (TPSA) is 29.5 Å². The molecule has 1 saturated heterocycles. The second kappa shape index (κ2) is 2.38. The Morgan fingerprint density at radius 2 is 2.33 bits per heavy atom. The summed E-state index contributed by atoms with van der Waals surface area (Å²) in [6.07, 6.45) is 7.55. The molecule has 1 N–H and O–H groups in total. The highest BCUT2D eigenvalue weighted by atomic mass is 16.6. The van der Waals surface area contributed by atoms with Gasteiger partial charge in [0.2, 0.25) is 5.79 Å². The van der Waals surface area contributed by atoms with Gasteiger partial charge < -0.3 is 9.84 Å². The van der Waals surface area contributed by atoms with Crippen molar-refractivity contribution >= 4 is 0 Å². The molecule has 0 radical (unpaired) electrons. The number of ether oxygens (including phenoxy) is 1.